The van der Waals surface area contributed by atoms with Crippen LogP contribution in [0, 0.1) is 6.92 Å². The van der Waals surface area contributed by atoms with Gasteiger partial charge in [0.1, 0.15) is 5.75 Å². The smallest absolute Gasteiger partial charge is 0.330 e. The van der Waals surface area contributed by atoms with Crippen LogP contribution in [0.5, 0.6) is 5.75 Å². The summed E-state index contributed by atoms with van der Waals surface area (Å²) in [5.41, 5.74) is 3.78. The van der Waals surface area contributed by atoms with E-state index < -0.39 is 23.3 Å². The highest BCUT2D eigenvalue weighted by Crippen LogP contribution is 2.42. The Morgan fingerprint density at radius 1 is 1.26 bits per heavy atom. The molecule has 0 fully saturated rings. The minimum Gasteiger partial charge on any atom is -0.497 e. The molecular weight excluding hydrogens is 426 g/mol. The lowest BCUT2D eigenvalue weighted by atomic mass is 9.87. The molecule has 0 bridgehead atoms. The number of ether oxygens (including phenoxy) is 1. The maximum absolute atomic E-state index is 12.7. The van der Waals surface area contributed by atoms with Gasteiger partial charge < -0.3 is 15.2 Å². The van der Waals surface area contributed by atoms with Crippen LogP contribution in [0.2, 0.25) is 5.02 Å². The van der Waals surface area contributed by atoms with Crippen molar-refractivity contribution in [2.45, 2.75) is 18.9 Å². The maximum Gasteiger partial charge on any atom is 0.330 e. The summed E-state index contributed by atoms with van der Waals surface area (Å²) in [4.78, 5) is 35.9. The van der Waals surface area contributed by atoms with Gasteiger partial charge in [-0.3, -0.25) is 19.8 Å². The van der Waals surface area contributed by atoms with Crippen LogP contribution in [0.15, 0.2) is 41.5 Å². The molecule has 3 amide bonds. The highest BCUT2D eigenvalue weighted by atomic mass is 35.5. The Labute approximate surface area is 182 Å². The molecule has 6 N–H and O–H groups in total. The number of aryl methyl sites for hydroxylation is 1. The molecule has 1 atom stereocenters. The third-order valence-electron chi connectivity index (χ3n) is 4.84. The van der Waals surface area contributed by atoms with Crippen molar-refractivity contribution in [1.82, 2.24) is 10.9 Å². The van der Waals surface area contributed by atoms with E-state index in [0.717, 1.165) is 0 Å². The third kappa shape index (κ3) is 4.36. The van der Waals surface area contributed by atoms with Gasteiger partial charge in [0.2, 0.25) is 0 Å². The zero-order valence-electron chi connectivity index (χ0n) is 16.7. The minimum absolute atomic E-state index is 0.129. The van der Waals surface area contributed by atoms with Gasteiger partial charge in [0.25, 0.3) is 5.91 Å². The molecule has 3 rings (SSSR count). The second-order valence-corrected chi connectivity index (χ2v) is 7.27. The lowest BCUT2D eigenvalue weighted by Gasteiger charge is -2.22. The number of hydrogen-bond acceptors (Lipinski definition) is 7. The van der Waals surface area contributed by atoms with Crippen LogP contribution in [-0.4, -0.2) is 35.6 Å². The molecule has 0 saturated carbocycles. The number of nitrogens with one attached hydrogen (secondary N) is 3. The number of aliphatic hydroxyl groups is 1. The number of nitrogens with zero attached hydrogens (tertiary/aromatic N) is 1. The highest BCUT2D eigenvalue weighted by Gasteiger charge is 2.47. The van der Waals surface area contributed by atoms with Gasteiger partial charge in [-0.2, -0.15) is 5.10 Å². The van der Waals surface area contributed by atoms with Crippen LogP contribution in [-0.2, 0) is 20.0 Å². The van der Waals surface area contributed by atoms with E-state index in [1.807, 2.05) is 0 Å². The quantitative estimate of drug-likeness (QED) is 0.150. The van der Waals surface area contributed by atoms with Crippen LogP contribution >= 0.6 is 11.6 Å². The van der Waals surface area contributed by atoms with Crippen molar-refractivity contribution in [2.24, 2.45) is 10.9 Å². The Balaban J connectivity index is 2.03. The molecule has 2 aromatic carbocycles. The van der Waals surface area contributed by atoms with E-state index >= 15 is 0 Å². The summed E-state index contributed by atoms with van der Waals surface area (Å²) in [5.74, 6) is 2.63. The number of rotatable bonds is 5. The maximum atomic E-state index is 12.7. The fourth-order valence-corrected chi connectivity index (χ4v) is 3.49. The summed E-state index contributed by atoms with van der Waals surface area (Å²) in [5, 5.41) is 18.3. The fourth-order valence-electron chi connectivity index (χ4n) is 3.22. The molecule has 1 aliphatic rings. The van der Waals surface area contributed by atoms with Crippen molar-refractivity contribution in [3.05, 3.63) is 58.1 Å². The molecule has 0 radical (unpaired) electrons. The molecule has 1 heterocycles. The SMILES string of the molecule is COc1ccc(C(CC2(O)C(=O)Nc3c(C)cc(Cl)cc32)=NNC(=O)C(=O)NN)cc1. The lowest BCUT2D eigenvalue weighted by molar-refractivity contribution is -0.139. The Hall–Kier alpha value is -3.47. The van der Waals surface area contributed by atoms with Gasteiger partial charge in [-0.15, -0.1) is 0 Å². The number of carbonyl (C=O) groups is 3. The number of anilines is 1. The first-order valence-electron chi connectivity index (χ1n) is 9.06. The van der Waals surface area contributed by atoms with Crippen molar-refractivity contribution in [2.75, 3.05) is 12.4 Å². The lowest BCUT2D eigenvalue weighted by Crippen LogP contribution is -2.42. The first-order chi connectivity index (χ1) is 14.7. The first kappa shape index (κ1) is 22.2. The van der Waals surface area contributed by atoms with E-state index in [1.54, 1.807) is 42.7 Å². The standard InChI is InChI=1S/C20H20ClN5O5/c1-10-7-12(21)8-14-16(10)23-19(29)20(14,30)9-15(25-26-18(28)17(27)24-22)11-3-5-13(31-2)6-4-11/h3-8,30H,9,22H2,1-2H3,(H,23,29)(H,24,27)(H,26,28). The second-order valence-electron chi connectivity index (χ2n) is 6.84. The second kappa shape index (κ2) is 8.72. The molecule has 162 valence electrons. The van der Waals surface area contributed by atoms with Gasteiger partial charge >= 0.3 is 11.8 Å². The van der Waals surface area contributed by atoms with Crippen LogP contribution in [0.25, 0.3) is 0 Å². The summed E-state index contributed by atoms with van der Waals surface area (Å²) in [6.45, 7) is 1.75. The number of amides is 3. The Kier molecular flexibility index (Phi) is 6.25. The first-order valence-corrected chi connectivity index (χ1v) is 9.43. The summed E-state index contributed by atoms with van der Waals surface area (Å²) >= 11 is 6.14. The fraction of sp³-hybridized carbons (Fsp3) is 0.200. The van der Waals surface area contributed by atoms with Crippen molar-refractivity contribution >= 4 is 40.7 Å². The van der Waals surface area contributed by atoms with E-state index in [1.165, 1.54) is 13.2 Å². The molecule has 10 nitrogen and oxygen atoms in total. The molecule has 0 aliphatic carbocycles. The Morgan fingerprint density at radius 3 is 2.55 bits per heavy atom. The van der Waals surface area contributed by atoms with Crippen molar-refractivity contribution in [3.63, 3.8) is 0 Å². The van der Waals surface area contributed by atoms with E-state index in [0.29, 0.717) is 27.6 Å². The molecule has 2 aromatic rings. The summed E-state index contributed by atoms with van der Waals surface area (Å²) in [6, 6.07) is 9.71. The number of hydrogen-bond donors (Lipinski definition) is 5. The van der Waals surface area contributed by atoms with E-state index in [2.05, 4.69) is 15.8 Å². The number of hydrazone groups is 1. The van der Waals surface area contributed by atoms with Gasteiger partial charge in [0, 0.05) is 17.0 Å². The molecular formula is C20H20ClN5O5. The number of methoxy groups -OCH3 is 1. The van der Waals surface area contributed by atoms with E-state index in [4.69, 9.17) is 22.2 Å². The van der Waals surface area contributed by atoms with Gasteiger partial charge in [-0.1, -0.05) is 11.6 Å². The van der Waals surface area contributed by atoms with Crippen molar-refractivity contribution in [3.8, 4) is 5.75 Å². The molecule has 11 heteroatoms. The van der Waals surface area contributed by atoms with Crippen molar-refractivity contribution in [1.29, 1.82) is 0 Å². The normalized spacial score (nSPS) is 17.6. The van der Waals surface area contributed by atoms with Gasteiger partial charge in [-0.05, 0) is 54.4 Å². The third-order valence-corrected chi connectivity index (χ3v) is 5.05. The Morgan fingerprint density at radius 2 is 1.94 bits per heavy atom. The average Bonchev–Trinajstić information content (AvgIpc) is 3.01. The van der Waals surface area contributed by atoms with Crippen LogP contribution in [0.4, 0.5) is 5.69 Å². The van der Waals surface area contributed by atoms with Crippen LogP contribution in [0.1, 0.15) is 23.1 Å². The van der Waals surface area contributed by atoms with Crippen molar-refractivity contribution < 1.29 is 24.2 Å². The average molecular weight is 446 g/mol. The predicted octanol–water partition coefficient (Wildman–Crippen LogP) is 0.697. The number of hydrazine groups is 1. The molecule has 31 heavy (non-hydrogen) atoms. The van der Waals surface area contributed by atoms with Gasteiger partial charge in [-0.25, -0.2) is 11.3 Å². The number of halogens is 1. The van der Waals surface area contributed by atoms with E-state index in [9.17, 15) is 19.5 Å². The number of fused-ring (bicyclic) bond motifs is 1. The number of benzene rings is 2. The number of nitrogens with two attached hydrogens (primary N) is 1. The highest BCUT2D eigenvalue weighted by molar-refractivity contribution is 6.35. The van der Waals surface area contributed by atoms with Crippen LogP contribution < -0.4 is 26.7 Å². The Bertz CT molecular complexity index is 1090. The molecule has 0 saturated heterocycles. The largest absolute Gasteiger partial charge is 0.497 e. The van der Waals surface area contributed by atoms with Gasteiger partial charge in [0.05, 0.1) is 18.5 Å². The zero-order chi connectivity index (χ0) is 22.8. The number of carbonyl (C=O) groups excluding carboxylic acids is 3. The van der Waals surface area contributed by atoms with Gasteiger partial charge in [0.15, 0.2) is 5.60 Å². The molecule has 0 spiro atoms. The predicted molar refractivity (Wildman–Crippen MR) is 113 cm³/mol. The molecule has 0 aromatic heterocycles. The summed E-state index contributed by atoms with van der Waals surface area (Å²) in [6.07, 6.45) is -0.317. The van der Waals surface area contributed by atoms with E-state index in [-0.39, 0.29) is 17.7 Å². The zero-order valence-corrected chi connectivity index (χ0v) is 17.4. The monoisotopic (exact) mass is 445 g/mol. The summed E-state index contributed by atoms with van der Waals surface area (Å²) < 4.78 is 5.13. The molecule has 1 aliphatic heterocycles. The van der Waals surface area contributed by atoms with Crippen LogP contribution in [0.3, 0.4) is 0 Å². The topological polar surface area (TPSA) is 155 Å². The minimum atomic E-state index is -2.01. The summed E-state index contributed by atoms with van der Waals surface area (Å²) in [7, 11) is 1.50. The molecule has 1 unspecified atom stereocenters.